The fourth-order valence-electron chi connectivity index (χ4n) is 3.69. The van der Waals surface area contributed by atoms with E-state index in [1.54, 1.807) is 16.7 Å². The zero-order valence-corrected chi connectivity index (χ0v) is 16.0. The molecule has 0 aromatic heterocycles. The predicted octanol–water partition coefficient (Wildman–Crippen LogP) is 3.40. The number of amides is 2. The highest BCUT2D eigenvalue weighted by Gasteiger charge is 2.36. The maximum atomic E-state index is 12.8. The molecule has 140 valence electrons. The van der Waals surface area contributed by atoms with Gasteiger partial charge in [-0.2, -0.15) is 0 Å². The van der Waals surface area contributed by atoms with E-state index in [0.29, 0.717) is 13.2 Å². The molecule has 5 nitrogen and oxygen atoms in total. The molecule has 0 spiro atoms. The highest BCUT2D eigenvalue weighted by atomic mass is 32.2. The van der Waals surface area contributed by atoms with E-state index in [0.717, 1.165) is 28.3 Å². The first-order chi connectivity index (χ1) is 13.2. The summed E-state index contributed by atoms with van der Waals surface area (Å²) >= 11 is 1.64. The van der Waals surface area contributed by atoms with Gasteiger partial charge in [0.25, 0.3) is 0 Å². The van der Waals surface area contributed by atoms with Gasteiger partial charge in [-0.05, 0) is 30.5 Å². The van der Waals surface area contributed by atoms with Crippen molar-refractivity contribution in [2.75, 3.05) is 24.3 Å². The van der Waals surface area contributed by atoms with E-state index < -0.39 is 0 Å². The molecular formula is C21H22N2O3S. The zero-order valence-electron chi connectivity index (χ0n) is 15.2. The number of carbonyl (C=O) groups excluding carboxylic acids is 2. The van der Waals surface area contributed by atoms with Gasteiger partial charge in [0.15, 0.2) is 0 Å². The monoisotopic (exact) mass is 382 g/mol. The number of nitrogens with zero attached hydrogens (tertiary/aromatic N) is 1. The molecule has 1 fully saturated rings. The second kappa shape index (κ2) is 7.64. The van der Waals surface area contributed by atoms with Gasteiger partial charge in [0.05, 0.1) is 18.6 Å². The number of rotatable bonds is 4. The number of anilines is 1. The van der Waals surface area contributed by atoms with Crippen LogP contribution in [-0.2, 0) is 9.59 Å². The van der Waals surface area contributed by atoms with Crippen molar-refractivity contribution in [2.45, 2.75) is 23.8 Å². The smallest absolute Gasteiger partial charge is 0.227 e. The summed E-state index contributed by atoms with van der Waals surface area (Å²) in [7, 11) is 0. The number of para-hydroxylation sites is 1. The van der Waals surface area contributed by atoms with E-state index in [1.807, 2.05) is 54.8 Å². The summed E-state index contributed by atoms with van der Waals surface area (Å²) in [5.41, 5.74) is 1.87. The van der Waals surface area contributed by atoms with Gasteiger partial charge in [-0.1, -0.05) is 24.3 Å². The zero-order chi connectivity index (χ0) is 18.8. The van der Waals surface area contributed by atoms with Crippen LogP contribution >= 0.6 is 11.8 Å². The van der Waals surface area contributed by atoms with E-state index in [9.17, 15) is 9.59 Å². The Labute approximate surface area is 163 Å². The van der Waals surface area contributed by atoms with Crippen LogP contribution in [0.2, 0.25) is 0 Å². The van der Waals surface area contributed by atoms with Crippen LogP contribution in [0.1, 0.15) is 24.4 Å². The molecule has 0 bridgehead atoms. The number of ether oxygens (including phenoxy) is 1. The van der Waals surface area contributed by atoms with E-state index in [2.05, 4.69) is 5.32 Å². The molecule has 1 saturated heterocycles. The Balaban J connectivity index is 1.46. The van der Waals surface area contributed by atoms with Crippen molar-refractivity contribution in [1.29, 1.82) is 0 Å². The normalized spacial score (nSPS) is 21.5. The Morgan fingerprint density at radius 2 is 2.07 bits per heavy atom. The average molecular weight is 382 g/mol. The summed E-state index contributed by atoms with van der Waals surface area (Å²) in [6.07, 6.45) is 3.00. The van der Waals surface area contributed by atoms with Crippen LogP contribution in [-0.4, -0.2) is 31.2 Å². The minimum atomic E-state index is -0.328. The molecule has 0 saturated carbocycles. The molecule has 6 heteroatoms. The van der Waals surface area contributed by atoms with Crippen LogP contribution in [0.25, 0.3) is 0 Å². The van der Waals surface area contributed by atoms with Crippen LogP contribution in [0.3, 0.4) is 0 Å². The summed E-state index contributed by atoms with van der Waals surface area (Å²) in [5, 5.41) is 3.13. The third-order valence-electron chi connectivity index (χ3n) is 5.14. The molecule has 27 heavy (non-hydrogen) atoms. The summed E-state index contributed by atoms with van der Waals surface area (Å²) < 4.78 is 5.66. The summed E-state index contributed by atoms with van der Waals surface area (Å²) in [6, 6.07) is 15.6. The maximum absolute atomic E-state index is 12.8. The van der Waals surface area contributed by atoms with Crippen LogP contribution in [0, 0.1) is 5.92 Å². The first-order valence-corrected chi connectivity index (χ1v) is 10.3. The molecule has 0 radical (unpaired) electrons. The number of hydrogen-bond donors (Lipinski definition) is 1. The molecule has 2 aliphatic heterocycles. The van der Waals surface area contributed by atoms with E-state index in [-0.39, 0.29) is 30.2 Å². The number of benzene rings is 2. The molecule has 2 heterocycles. The Morgan fingerprint density at radius 1 is 1.22 bits per heavy atom. The van der Waals surface area contributed by atoms with Crippen LogP contribution < -0.4 is 15.0 Å². The van der Waals surface area contributed by atoms with Crippen molar-refractivity contribution in [2.24, 2.45) is 5.92 Å². The minimum absolute atomic E-state index is 0.000723. The lowest BCUT2D eigenvalue weighted by molar-refractivity contribution is -0.127. The lowest BCUT2D eigenvalue weighted by atomic mass is 9.99. The minimum Gasteiger partial charge on any atom is -0.493 e. The van der Waals surface area contributed by atoms with Crippen LogP contribution in [0.15, 0.2) is 53.4 Å². The molecule has 0 aliphatic carbocycles. The Morgan fingerprint density at radius 3 is 2.93 bits per heavy atom. The molecule has 0 unspecified atom stereocenters. The fourth-order valence-corrected chi connectivity index (χ4v) is 4.15. The first-order valence-electron chi connectivity index (χ1n) is 9.12. The second-order valence-electron chi connectivity index (χ2n) is 6.84. The largest absolute Gasteiger partial charge is 0.493 e. The fraction of sp³-hybridized carbons (Fsp3) is 0.333. The first kappa shape index (κ1) is 17.9. The van der Waals surface area contributed by atoms with Crippen molar-refractivity contribution in [3.63, 3.8) is 0 Å². The Kier molecular flexibility index (Phi) is 5.07. The number of fused-ring (bicyclic) bond motifs is 1. The van der Waals surface area contributed by atoms with Gasteiger partial charge < -0.3 is 15.0 Å². The molecule has 1 N–H and O–H groups in total. The molecular weight excluding hydrogens is 360 g/mol. The molecule has 2 aliphatic rings. The highest BCUT2D eigenvalue weighted by Crippen LogP contribution is 2.33. The molecule has 4 rings (SSSR count). The molecule has 2 aromatic rings. The van der Waals surface area contributed by atoms with Gasteiger partial charge in [-0.25, -0.2) is 0 Å². The SMILES string of the molecule is CSc1cccc(N2C[C@H](C(=O)N[C@H]3CCOc4ccccc43)CC2=O)c1. The number of hydrogen-bond acceptors (Lipinski definition) is 4. The van der Waals surface area contributed by atoms with Crippen molar-refractivity contribution < 1.29 is 14.3 Å². The van der Waals surface area contributed by atoms with Gasteiger partial charge in [0.2, 0.25) is 11.8 Å². The lowest BCUT2D eigenvalue weighted by Crippen LogP contribution is -2.37. The van der Waals surface area contributed by atoms with Crippen molar-refractivity contribution >= 4 is 29.3 Å². The number of nitrogens with one attached hydrogen (secondary N) is 1. The highest BCUT2D eigenvalue weighted by molar-refractivity contribution is 7.98. The Bertz CT molecular complexity index is 870. The lowest BCUT2D eigenvalue weighted by Gasteiger charge is -2.27. The van der Waals surface area contributed by atoms with Crippen LogP contribution in [0.5, 0.6) is 5.75 Å². The number of thioether (sulfide) groups is 1. The molecule has 2 atom stereocenters. The quantitative estimate of drug-likeness (QED) is 0.824. The predicted molar refractivity (Wildman–Crippen MR) is 106 cm³/mol. The van der Waals surface area contributed by atoms with E-state index >= 15 is 0 Å². The van der Waals surface area contributed by atoms with Crippen molar-refractivity contribution in [3.8, 4) is 5.75 Å². The number of carbonyl (C=O) groups is 2. The van der Waals surface area contributed by atoms with Gasteiger partial charge in [-0.3, -0.25) is 9.59 Å². The van der Waals surface area contributed by atoms with E-state index in [1.165, 1.54) is 0 Å². The van der Waals surface area contributed by atoms with Crippen LogP contribution in [0.4, 0.5) is 5.69 Å². The topological polar surface area (TPSA) is 58.6 Å². The van der Waals surface area contributed by atoms with Gasteiger partial charge >= 0.3 is 0 Å². The van der Waals surface area contributed by atoms with Gasteiger partial charge in [0.1, 0.15) is 5.75 Å². The summed E-state index contributed by atoms with van der Waals surface area (Å²) in [5.74, 6) is 0.437. The summed E-state index contributed by atoms with van der Waals surface area (Å²) in [6.45, 7) is 1.01. The molecule has 2 aromatic carbocycles. The van der Waals surface area contributed by atoms with Crippen molar-refractivity contribution in [3.05, 3.63) is 54.1 Å². The van der Waals surface area contributed by atoms with E-state index in [4.69, 9.17) is 4.74 Å². The second-order valence-corrected chi connectivity index (χ2v) is 7.72. The third-order valence-corrected chi connectivity index (χ3v) is 5.86. The van der Waals surface area contributed by atoms with Gasteiger partial charge in [0, 0.05) is 35.5 Å². The standard InChI is InChI=1S/C21H22N2O3S/c1-27-16-6-4-5-15(12-16)23-13-14(11-20(23)24)21(25)22-18-9-10-26-19-8-3-2-7-17(18)19/h2-8,12,14,18H,9-11,13H2,1H3,(H,22,25)/t14-,18+/m1/s1. The summed E-state index contributed by atoms with van der Waals surface area (Å²) in [4.78, 5) is 28.2. The van der Waals surface area contributed by atoms with Crippen molar-refractivity contribution in [1.82, 2.24) is 5.32 Å². The maximum Gasteiger partial charge on any atom is 0.227 e. The molecule has 2 amide bonds. The Hall–Kier alpha value is -2.47. The average Bonchev–Trinajstić information content (AvgIpc) is 3.10. The third kappa shape index (κ3) is 3.67. The van der Waals surface area contributed by atoms with Gasteiger partial charge in [-0.15, -0.1) is 11.8 Å².